The van der Waals surface area contributed by atoms with Crippen LogP contribution in [0.15, 0.2) is 51.9 Å². The molecule has 0 atom stereocenters. The van der Waals surface area contributed by atoms with Crippen molar-refractivity contribution < 1.29 is 9.21 Å². The van der Waals surface area contributed by atoms with E-state index < -0.39 is 0 Å². The normalized spacial score (nSPS) is 10.6. The van der Waals surface area contributed by atoms with Gasteiger partial charge in [-0.05, 0) is 25.1 Å². The van der Waals surface area contributed by atoms with Gasteiger partial charge in [0.25, 0.3) is 11.5 Å². The van der Waals surface area contributed by atoms with E-state index in [2.05, 4.69) is 15.4 Å². The van der Waals surface area contributed by atoms with Gasteiger partial charge in [0.05, 0.1) is 12.2 Å². The van der Waals surface area contributed by atoms with Crippen LogP contribution < -0.4 is 10.9 Å². The minimum Gasteiger partial charge on any atom is -0.444 e. The van der Waals surface area contributed by atoms with E-state index in [-0.39, 0.29) is 23.7 Å². The van der Waals surface area contributed by atoms with Gasteiger partial charge in [-0.25, -0.2) is 9.67 Å². The molecule has 0 unspecified atom stereocenters. The summed E-state index contributed by atoms with van der Waals surface area (Å²) < 4.78 is 6.55. The highest BCUT2D eigenvalue weighted by Gasteiger charge is 2.11. The van der Waals surface area contributed by atoms with Gasteiger partial charge in [-0.1, -0.05) is 17.7 Å². The molecule has 0 radical (unpaired) electrons. The molecule has 1 aromatic carbocycles. The van der Waals surface area contributed by atoms with Crippen molar-refractivity contribution in [2.75, 3.05) is 0 Å². The number of carbonyl (C=O) groups is 1. The highest BCUT2D eigenvalue weighted by atomic mass is 16.3. The number of nitrogens with one attached hydrogen (secondary N) is 1. The van der Waals surface area contributed by atoms with Gasteiger partial charge in [0.15, 0.2) is 0 Å². The summed E-state index contributed by atoms with van der Waals surface area (Å²) in [5.41, 5.74) is 2.52. The first-order chi connectivity index (χ1) is 11.5. The van der Waals surface area contributed by atoms with Gasteiger partial charge in [0, 0.05) is 18.7 Å². The summed E-state index contributed by atoms with van der Waals surface area (Å²) in [6.45, 7) is 2.21. The van der Waals surface area contributed by atoms with E-state index in [1.54, 1.807) is 0 Å². The van der Waals surface area contributed by atoms with E-state index in [1.165, 1.54) is 25.4 Å². The molecule has 0 aliphatic rings. The SMILES string of the molecule is Cc1ccc(-c2nc(CNC(=O)c3ccc(=O)n(C)n3)co2)cc1. The predicted octanol–water partition coefficient (Wildman–Crippen LogP) is 1.67. The monoisotopic (exact) mass is 324 g/mol. The van der Waals surface area contributed by atoms with Crippen molar-refractivity contribution in [1.82, 2.24) is 20.1 Å². The first kappa shape index (κ1) is 15.7. The van der Waals surface area contributed by atoms with Gasteiger partial charge in [-0.15, -0.1) is 0 Å². The molecule has 0 spiro atoms. The Hall–Kier alpha value is -3.22. The molecule has 2 heterocycles. The third kappa shape index (κ3) is 3.40. The largest absolute Gasteiger partial charge is 0.444 e. The molecular weight excluding hydrogens is 308 g/mol. The fourth-order valence-electron chi connectivity index (χ4n) is 2.10. The fraction of sp³-hybridized carbons (Fsp3) is 0.176. The third-order valence-corrected chi connectivity index (χ3v) is 3.47. The average Bonchev–Trinajstić information content (AvgIpc) is 3.05. The zero-order valence-electron chi connectivity index (χ0n) is 13.3. The lowest BCUT2D eigenvalue weighted by atomic mass is 10.1. The Morgan fingerprint density at radius 1 is 1.21 bits per heavy atom. The molecule has 1 N–H and O–H groups in total. The summed E-state index contributed by atoms with van der Waals surface area (Å²) in [6, 6.07) is 10.5. The summed E-state index contributed by atoms with van der Waals surface area (Å²) >= 11 is 0. The van der Waals surface area contributed by atoms with Crippen LogP contribution in [-0.4, -0.2) is 20.7 Å². The lowest BCUT2D eigenvalue weighted by molar-refractivity contribution is 0.0943. The molecular formula is C17H16N4O3. The van der Waals surface area contributed by atoms with Crippen LogP contribution in [0.2, 0.25) is 0 Å². The summed E-state index contributed by atoms with van der Waals surface area (Å²) in [4.78, 5) is 27.7. The van der Waals surface area contributed by atoms with E-state index in [4.69, 9.17) is 4.42 Å². The maximum Gasteiger partial charge on any atom is 0.272 e. The Morgan fingerprint density at radius 3 is 2.67 bits per heavy atom. The van der Waals surface area contributed by atoms with Gasteiger partial charge in [-0.3, -0.25) is 9.59 Å². The zero-order chi connectivity index (χ0) is 17.1. The van der Waals surface area contributed by atoms with Crippen LogP contribution in [0.3, 0.4) is 0 Å². The van der Waals surface area contributed by atoms with Crippen molar-refractivity contribution in [2.24, 2.45) is 7.05 Å². The van der Waals surface area contributed by atoms with Crippen molar-refractivity contribution in [3.8, 4) is 11.5 Å². The number of oxazole rings is 1. The van der Waals surface area contributed by atoms with Gasteiger partial charge in [0.2, 0.25) is 5.89 Å². The molecule has 3 rings (SSSR count). The fourth-order valence-corrected chi connectivity index (χ4v) is 2.10. The van der Waals surface area contributed by atoms with Crippen LogP contribution >= 0.6 is 0 Å². The number of hydrogen-bond donors (Lipinski definition) is 1. The average molecular weight is 324 g/mol. The van der Waals surface area contributed by atoms with Crippen molar-refractivity contribution >= 4 is 5.91 Å². The molecule has 0 fully saturated rings. The lowest BCUT2D eigenvalue weighted by Crippen LogP contribution is -2.28. The second-order valence-corrected chi connectivity index (χ2v) is 5.37. The molecule has 7 nitrogen and oxygen atoms in total. The molecule has 1 amide bonds. The number of benzene rings is 1. The van der Waals surface area contributed by atoms with Gasteiger partial charge in [0.1, 0.15) is 12.0 Å². The summed E-state index contributed by atoms with van der Waals surface area (Å²) in [5, 5.41) is 6.59. The van der Waals surface area contributed by atoms with Crippen LogP contribution in [0.1, 0.15) is 21.7 Å². The van der Waals surface area contributed by atoms with Crippen LogP contribution in [0.5, 0.6) is 0 Å². The minimum atomic E-state index is -0.384. The number of rotatable bonds is 4. The van der Waals surface area contributed by atoms with E-state index in [9.17, 15) is 9.59 Å². The van der Waals surface area contributed by atoms with E-state index in [0.29, 0.717) is 11.6 Å². The quantitative estimate of drug-likeness (QED) is 0.788. The molecule has 7 heteroatoms. The summed E-state index contributed by atoms with van der Waals surface area (Å²) in [6.07, 6.45) is 1.50. The summed E-state index contributed by atoms with van der Waals surface area (Å²) in [7, 11) is 1.49. The minimum absolute atomic E-state index is 0.166. The second-order valence-electron chi connectivity index (χ2n) is 5.37. The first-order valence-electron chi connectivity index (χ1n) is 7.37. The number of aryl methyl sites for hydroxylation is 2. The molecule has 0 aliphatic heterocycles. The Balaban J connectivity index is 1.66. The van der Waals surface area contributed by atoms with Crippen molar-refractivity contribution in [1.29, 1.82) is 0 Å². The topological polar surface area (TPSA) is 90.0 Å². The molecule has 0 saturated carbocycles. The second kappa shape index (κ2) is 6.49. The Labute approximate surface area is 138 Å². The molecule has 2 aromatic heterocycles. The first-order valence-corrected chi connectivity index (χ1v) is 7.37. The maximum absolute atomic E-state index is 12.0. The number of carbonyl (C=O) groups excluding carboxylic acids is 1. The molecule has 24 heavy (non-hydrogen) atoms. The van der Waals surface area contributed by atoms with Crippen LogP contribution in [0.25, 0.3) is 11.5 Å². The van der Waals surface area contributed by atoms with E-state index >= 15 is 0 Å². The van der Waals surface area contributed by atoms with Gasteiger partial charge in [-0.2, -0.15) is 5.10 Å². The van der Waals surface area contributed by atoms with Gasteiger partial charge >= 0.3 is 0 Å². The number of nitrogens with zero attached hydrogens (tertiary/aromatic N) is 3. The molecule has 0 bridgehead atoms. The molecule has 3 aromatic rings. The number of hydrogen-bond acceptors (Lipinski definition) is 5. The maximum atomic E-state index is 12.0. The zero-order valence-corrected chi connectivity index (χ0v) is 13.3. The van der Waals surface area contributed by atoms with Gasteiger partial charge < -0.3 is 9.73 Å². The third-order valence-electron chi connectivity index (χ3n) is 3.47. The Bertz CT molecular complexity index is 926. The van der Waals surface area contributed by atoms with E-state index in [1.807, 2.05) is 31.2 Å². The van der Waals surface area contributed by atoms with E-state index in [0.717, 1.165) is 15.8 Å². The van der Waals surface area contributed by atoms with Crippen LogP contribution in [0, 0.1) is 6.92 Å². The van der Waals surface area contributed by atoms with Crippen LogP contribution in [-0.2, 0) is 13.6 Å². The molecule has 0 saturated heterocycles. The van der Waals surface area contributed by atoms with Crippen molar-refractivity contribution in [3.63, 3.8) is 0 Å². The summed E-state index contributed by atoms with van der Waals surface area (Å²) in [5.74, 6) is 0.116. The number of amides is 1. The van der Waals surface area contributed by atoms with Crippen molar-refractivity contribution in [2.45, 2.75) is 13.5 Å². The molecule has 122 valence electrons. The molecule has 0 aliphatic carbocycles. The number of aromatic nitrogens is 3. The highest BCUT2D eigenvalue weighted by molar-refractivity contribution is 5.91. The van der Waals surface area contributed by atoms with Crippen molar-refractivity contribution in [3.05, 3.63) is 70.0 Å². The lowest BCUT2D eigenvalue weighted by Gasteiger charge is -2.03. The Morgan fingerprint density at radius 2 is 1.96 bits per heavy atom. The standard InChI is InChI=1S/C17H16N4O3/c1-11-3-5-12(6-4-11)17-19-13(10-24-17)9-18-16(23)14-7-8-15(22)21(2)20-14/h3-8,10H,9H2,1-2H3,(H,18,23). The smallest absolute Gasteiger partial charge is 0.272 e. The highest BCUT2D eigenvalue weighted by Crippen LogP contribution is 2.18. The van der Waals surface area contributed by atoms with Crippen LogP contribution in [0.4, 0.5) is 0 Å². The Kier molecular flexibility index (Phi) is 4.24. The predicted molar refractivity (Wildman–Crippen MR) is 87.3 cm³/mol.